The van der Waals surface area contributed by atoms with Crippen molar-refractivity contribution in [3.05, 3.63) is 107 Å². The zero-order valence-corrected chi connectivity index (χ0v) is 15.9. The molecule has 0 heterocycles. The third-order valence-electron chi connectivity index (χ3n) is 4.80. The molecule has 0 bridgehead atoms. The normalized spacial score (nSPS) is 10.7. The zero-order chi connectivity index (χ0) is 18.9. The van der Waals surface area contributed by atoms with Gasteiger partial charge in [0, 0.05) is 13.1 Å². The molecule has 0 unspecified atom stereocenters. The van der Waals surface area contributed by atoms with Gasteiger partial charge in [0.15, 0.2) is 0 Å². The van der Waals surface area contributed by atoms with E-state index in [4.69, 9.17) is 5.26 Å². The maximum Gasteiger partial charge on any atom is 0.0991 e. The number of hydrogen-bond donors (Lipinski definition) is 0. The van der Waals surface area contributed by atoms with Crippen molar-refractivity contribution in [3.63, 3.8) is 0 Å². The molecule has 0 aliphatic rings. The lowest BCUT2D eigenvalue weighted by atomic mass is 10.1. The molecule has 0 spiro atoms. The lowest BCUT2D eigenvalue weighted by molar-refractivity contribution is 0.253. The van der Waals surface area contributed by atoms with Crippen LogP contribution in [0.5, 0.6) is 0 Å². The Labute approximate surface area is 162 Å². The summed E-state index contributed by atoms with van der Waals surface area (Å²) in [6, 6.07) is 29.6. The Morgan fingerprint density at radius 1 is 0.741 bits per heavy atom. The van der Waals surface area contributed by atoms with Crippen LogP contribution in [0.1, 0.15) is 34.2 Å². The number of nitriles is 1. The van der Waals surface area contributed by atoms with E-state index in [2.05, 4.69) is 84.6 Å². The Hall–Kier alpha value is -2.89. The molecule has 3 rings (SSSR count). The van der Waals surface area contributed by atoms with Gasteiger partial charge in [0.2, 0.25) is 0 Å². The largest absolute Gasteiger partial charge is 0.295 e. The molecule has 27 heavy (non-hydrogen) atoms. The molecular weight excluding hydrogens is 328 g/mol. The predicted molar refractivity (Wildman–Crippen MR) is 111 cm³/mol. The molecule has 0 amide bonds. The molecule has 2 nitrogen and oxygen atoms in total. The number of benzene rings is 3. The molecule has 0 aromatic heterocycles. The molecule has 3 aromatic rings. The Bertz CT molecular complexity index is 859. The maximum atomic E-state index is 8.99. The van der Waals surface area contributed by atoms with Crippen molar-refractivity contribution in [2.24, 2.45) is 0 Å². The van der Waals surface area contributed by atoms with Crippen LogP contribution in [0.4, 0.5) is 0 Å². The van der Waals surface area contributed by atoms with Crippen molar-refractivity contribution in [3.8, 4) is 6.07 Å². The van der Waals surface area contributed by atoms with Gasteiger partial charge in [-0.25, -0.2) is 0 Å². The Morgan fingerprint density at radius 3 is 1.93 bits per heavy atom. The van der Waals surface area contributed by atoms with Gasteiger partial charge in [0.05, 0.1) is 11.6 Å². The van der Waals surface area contributed by atoms with Crippen molar-refractivity contribution < 1.29 is 0 Å². The molecule has 0 fully saturated rings. The minimum absolute atomic E-state index is 0.716. The third-order valence-corrected chi connectivity index (χ3v) is 4.80. The number of aryl methyl sites for hydroxylation is 2. The highest BCUT2D eigenvalue weighted by Gasteiger charge is 2.08. The fraction of sp³-hybridized carbons (Fsp3) is 0.240. The lowest BCUT2D eigenvalue weighted by Crippen LogP contribution is -2.24. The van der Waals surface area contributed by atoms with E-state index in [9.17, 15) is 0 Å². The van der Waals surface area contributed by atoms with Crippen molar-refractivity contribution in [1.82, 2.24) is 4.90 Å². The van der Waals surface area contributed by atoms with Crippen LogP contribution in [0, 0.1) is 18.3 Å². The molecule has 2 heteroatoms. The average molecular weight is 354 g/mol. The molecule has 0 aliphatic carbocycles. The van der Waals surface area contributed by atoms with E-state index in [1.807, 2.05) is 12.1 Å². The highest BCUT2D eigenvalue weighted by Crippen LogP contribution is 2.14. The summed E-state index contributed by atoms with van der Waals surface area (Å²) in [6.07, 6.45) is 2.23. The minimum atomic E-state index is 0.716. The summed E-state index contributed by atoms with van der Waals surface area (Å²) in [5, 5.41) is 8.99. The van der Waals surface area contributed by atoms with Crippen molar-refractivity contribution >= 4 is 0 Å². The average Bonchev–Trinajstić information content (AvgIpc) is 2.71. The van der Waals surface area contributed by atoms with Gasteiger partial charge in [-0.3, -0.25) is 4.90 Å². The topological polar surface area (TPSA) is 27.0 Å². The molecule has 3 aromatic carbocycles. The molecular formula is C25H26N2. The van der Waals surface area contributed by atoms with Crippen LogP contribution in [0.2, 0.25) is 0 Å². The zero-order valence-electron chi connectivity index (χ0n) is 15.9. The molecule has 0 radical (unpaired) electrons. The van der Waals surface area contributed by atoms with E-state index in [1.165, 1.54) is 22.3 Å². The Balaban J connectivity index is 1.65. The standard InChI is InChI=1S/C25H26N2/c1-21-9-11-24(12-10-21)19-27(17-5-8-22-6-3-2-4-7-22)20-25-15-13-23(18-26)14-16-25/h2-4,6-7,9-16H,5,8,17,19-20H2,1H3. The van der Waals surface area contributed by atoms with Gasteiger partial charge >= 0.3 is 0 Å². The van der Waals surface area contributed by atoms with Gasteiger partial charge in [-0.1, -0.05) is 72.3 Å². The summed E-state index contributed by atoms with van der Waals surface area (Å²) < 4.78 is 0. The van der Waals surface area contributed by atoms with E-state index < -0.39 is 0 Å². The van der Waals surface area contributed by atoms with Crippen molar-refractivity contribution in [2.45, 2.75) is 32.9 Å². The summed E-state index contributed by atoms with van der Waals surface area (Å²) in [6.45, 7) is 5.00. The van der Waals surface area contributed by atoms with Gasteiger partial charge in [0.1, 0.15) is 0 Å². The first-order valence-corrected chi connectivity index (χ1v) is 9.54. The summed E-state index contributed by atoms with van der Waals surface area (Å²) in [5.74, 6) is 0. The van der Waals surface area contributed by atoms with Crippen molar-refractivity contribution in [2.75, 3.05) is 6.54 Å². The third kappa shape index (κ3) is 6.09. The molecule has 0 aliphatic heterocycles. The van der Waals surface area contributed by atoms with E-state index >= 15 is 0 Å². The SMILES string of the molecule is Cc1ccc(CN(CCCc2ccccc2)Cc2ccc(C#N)cc2)cc1. The first kappa shape index (κ1) is 18.9. The first-order chi connectivity index (χ1) is 13.2. The van der Waals surface area contributed by atoms with Crippen LogP contribution in [0.3, 0.4) is 0 Å². The fourth-order valence-electron chi connectivity index (χ4n) is 3.26. The smallest absolute Gasteiger partial charge is 0.0991 e. The molecule has 0 N–H and O–H groups in total. The van der Waals surface area contributed by atoms with Gasteiger partial charge in [-0.05, 0) is 55.1 Å². The molecule has 0 atom stereocenters. The first-order valence-electron chi connectivity index (χ1n) is 9.54. The van der Waals surface area contributed by atoms with Gasteiger partial charge in [-0.2, -0.15) is 5.26 Å². The van der Waals surface area contributed by atoms with Crippen molar-refractivity contribution in [1.29, 1.82) is 5.26 Å². The molecule has 136 valence electrons. The summed E-state index contributed by atoms with van der Waals surface area (Å²) >= 11 is 0. The van der Waals surface area contributed by atoms with Gasteiger partial charge in [-0.15, -0.1) is 0 Å². The van der Waals surface area contributed by atoms with Crippen LogP contribution in [0.15, 0.2) is 78.9 Å². The van der Waals surface area contributed by atoms with Gasteiger partial charge < -0.3 is 0 Å². The Morgan fingerprint density at radius 2 is 1.33 bits per heavy atom. The van der Waals surface area contributed by atoms with E-state index in [1.54, 1.807) is 0 Å². The van der Waals surface area contributed by atoms with Crippen LogP contribution in [-0.4, -0.2) is 11.4 Å². The number of hydrogen-bond acceptors (Lipinski definition) is 2. The molecule has 0 saturated carbocycles. The summed E-state index contributed by atoms with van der Waals surface area (Å²) in [5.41, 5.74) is 6.00. The van der Waals surface area contributed by atoms with Crippen LogP contribution >= 0.6 is 0 Å². The fourth-order valence-corrected chi connectivity index (χ4v) is 3.26. The second-order valence-corrected chi connectivity index (χ2v) is 7.09. The lowest BCUT2D eigenvalue weighted by Gasteiger charge is -2.23. The molecule has 0 saturated heterocycles. The quantitative estimate of drug-likeness (QED) is 0.534. The highest BCUT2D eigenvalue weighted by molar-refractivity contribution is 5.31. The maximum absolute atomic E-state index is 8.99. The van der Waals surface area contributed by atoms with E-state index in [0.717, 1.165) is 32.5 Å². The highest BCUT2D eigenvalue weighted by atomic mass is 15.1. The summed E-state index contributed by atoms with van der Waals surface area (Å²) in [4.78, 5) is 2.50. The number of nitrogens with zero attached hydrogens (tertiary/aromatic N) is 2. The Kier molecular flexibility index (Phi) is 6.79. The second-order valence-electron chi connectivity index (χ2n) is 7.09. The second kappa shape index (κ2) is 9.71. The van der Waals surface area contributed by atoms with Crippen LogP contribution in [-0.2, 0) is 19.5 Å². The van der Waals surface area contributed by atoms with E-state index in [0.29, 0.717) is 5.56 Å². The van der Waals surface area contributed by atoms with Gasteiger partial charge in [0.25, 0.3) is 0 Å². The van der Waals surface area contributed by atoms with Crippen LogP contribution < -0.4 is 0 Å². The van der Waals surface area contributed by atoms with E-state index in [-0.39, 0.29) is 0 Å². The number of rotatable bonds is 8. The minimum Gasteiger partial charge on any atom is -0.295 e. The monoisotopic (exact) mass is 354 g/mol. The summed E-state index contributed by atoms with van der Waals surface area (Å²) in [7, 11) is 0. The van der Waals surface area contributed by atoms with Crippen LogP contribution in [0.25, 0.3) is 0 Å². The predicted octanol–water partition coefficient (Wildman–Crippen LogP) is 5.50.